The molecule has 5 nitrogen and oxygen atoms in total. The second kappa shape index (κ2) is 6.38. The maximum atomic E-state index is 12.2. The first-order valence-corrected chi connectivity index (χ1v) is 6.87. The molecule has 0 spiro atoms. The molecule has 1 aromatic carbocycles. The number of nitrogens with zero attached hydrogens (tertiary/aromatic N) is 1. The molecule has 0 aliphatic rings. The van der Waals surface area contributed by atoms with Gasteiger partial charge in [0.15, 0.2) is 0 Å². The SMILES string of the molecule is COc1ccc(C(=O)NCc2cnc(C)s2)c(OC)c1. The molecule has 0 radical (unpaired) electrons. The van der Waals surface area contributed by atoms with E-state index in [1.54, 1.807) is 42.8 Å². The number of hydrogen-bond donors (Lipinski definition) is 1. The highest BCUT2D eigenvalue weighted by Gasteiger charge is 2.13. The molecular formula is C14H16N2O3S. The molecule has 0 unspecified atom stereocenters. The van der Waals surface area contributed by atoms with Crippen LogP contribution in [-0.2, 0) is 6.54 Å². The summed E-state index contributed by atoms with van der Waals surface area (Å²) in [6.07, 6.45) is 1.77. The molecule has 1 amide bonds. The summed E-state index contributed by atoms with van der Waals surface area (Å²) in [6.45, 7) is 2.39. The average Bonchev–Trinajstić information content (AvgIpc) is 2.89. The smallest absolute Gasteiger partial charge is 0.255 e. The second-order valence-corrected chi connectivity index (χ2v) is 5.41. The first kappa shape index (κ1) is 14.3. The predicted octanol–water partition coefficient (Wildman–Crippen LogP) is 2.40. The molecule has 0 atom stereocenters. The van der Waals surface area contributed by atoms with Gasteiger partial charge in [-0.3, -0.25) is 4.79 Å². The molecule has 0 fully saturated rings. The van der Waals surface area contributed by atoms with Gasteiger partial charge in [-0.1, -0.05) is 0 Å². The topological polar surface area (TPSA) is 60.5 Å². The van der Waals surface area contributed by atoms with Gasteiger partial charge < -0.3 is 14.8 Å². The Hall–Kier alpha value is -2.08. The highest BCUT2D eigenvalue weighted by atomic mass is 32.1. The van der Waals surface area contributed by atoms with Gasteiger partial charge in [0.05, 0.1) is 31.3 Å². The summed E-state index contributed by atoms with van der Waals surface area (Å²) in [7, 11) is 3.10. The van der Waals surface area contributed by atoms with Crippen molar-refractivity contribution in [3.05, 3.63) is 39.8 Å². The molecule has 0 aliphatic carbocycles. The molecule has 1 N–H and O–H groups in total. The predicted molar refractivity (Wildman–Crippen MR) is 77.6 cm³/mol. The van der Waals surface area contributed by atoms with Crippen LogP contribution in [-0.4, -0.2) is 25.1 Å². The summed E-state index contributed by atoms with van der Waals surface area (Å²) in [5, 5.41) is 3.83. The Morgan fingerprint density at radius 1 is 1.35 bits per heavy atom. The molecule has 2 aromatic rings. The number of aromatic nitrogens is 1. The van der Waals surface area contributed by atoms with Crippen molar-refractivity contribution in [2.75, 3.05) is 14.2 Å². The maximum Gasteiger partial charge on any atom is 0.255 e. The van der Waals surface area contributed by atoms with Gasteiger partial charge >= 0.3 is 0 Å². The highest BCUT2D eigenvalue weighted by Crippen LogP contribution is 2.24. The van der Waals surface area contributed by atoms with Crippen LogP contribution in [0.2, 0.25) is 0 Å². The van der Waals surface area contributed by atoms with E-state index in [4.69, 9.17) is 9.47 Å². The van der Waals surface area contributed by atoms with Gasteiger partial charge in [0, 0.05) is 17.1 Å². The molecule has 0 bridgehead atoms. The molecule has 0 saturated carbocycles. The first-order valence-electron chi connectivity index (χ1n) is 6.05. The number of carbonyl (C=O) groups excluding carboxylic acids is 1. The van der Waals surface area contributed by atoms with Gasteiger partial charge in [-0.2, -0.15) is 0 Å². The van der Waals surface area contributed by atoms with E-state index in [1.807, 2.05) is 6.92 Å². The number of carbonyl (C=O) groups is 1. The van der Waals surface area contributed by atoms with Crippen LogP contribution in [0.3, 0.4) is 0 Å². The van der Waals surface area contributed by atoms with E-state index >= 15 is 0 Å². The number of rotatable bonds is 5. The lowest BCUT2D eigenvalue weighted by atomic mass is 10.1. The Kier molecular flexibility index (Phi) is 4.57. The number of amides is 1. The molecule has 6 heteroatoms. The normalized spacial score (nSPS) is 10.2. The number of thiazole rings is 1. The monoisotopic (exact) mass is 292 g/mol. The lowest BCUT2D eigenvalue weighted by molar-refractivity contribution is 0.0948. The minimum atomic E-state index is -0.185. The zero-order valence-corrected chi connectivity index (χ0v) is 12.4. The van der Waals surface area contributed by atoms with Gasteiger partial charge in [-0.05, 0) is 19.1 Å². The fraction of sp³-hybridized carbons (Fsp3) is 0.286. The summed E-state index contributed by atoms with van der Waals surface area (Å²) < 4.78 is 10.3. The van der Waals surface area contributed by atoms with E-state index in [2.05, 4.69) is 10.3 Å². The van der Waals surface area contributed by atoms with Crippen molar-refractivity contribution in [3.8, 4) is 11.5 Å². The summed E-state index contributed by atoms with van der Waals surface area (Å²) >= 11 is 1.56. The second-order valence-electron chi connectivity index (χ2n) is 4.09. The molecular weight excluding hydrogens is 276 g/mol. The van der Waals surface area contributed by atoms with Gasteiger partial charge in [-0.15, -0.1) is 11.3 Å². The van der Waals surface area contributed by atoms with E-state index in [0.29, 0.717) is 23.6 Å². The van der Waals surface area contributed by atoms with Crippen LogP contribution < -0.4 is 14.8 Å². The third-order valence-corrected chi connectivity index (χ3v) is 3.66. The van der Waals surface area contributed by atoms with Crippen LogP contribution in [0.1, 0.15) is 20.2 Å². The van der Waals surface area contributed by atoms with Crippen molar-refractivity contribution in [1.29, 1.82) is 0 Å². The van der Waals surface area contributed by atoms with E-state index in [-0.39, 0.29) is 5.91 Å². The molecule has 106 valence electrons. The molecule has 0 aliphatic heterocycles. The third kappa shape index (κ3) is 3.27. The van der Waals surface area contributed by atoms with Crippen LogP contribution >= 0.6 is 11.3 Å². The molecule has 1 aromatic heterocycles. The summed E-state index contributed by atoms with van der Waals surface area (Å²) in [5.41, 5.74) is 0.481. The number of aryl methyl sites for hydroxylation is 1. The quantitative estimate of drug-likeness (QED) is 0.919. The Balaban J connectivity index is 2.08. The van der Waals surface area contributed by atoms with E-state index < -0.39 is 0 Å². The lowest BCUT2D eigenvalue weighted by Gasteiger charge is -2.10. The Labute approximate surface area is 121 Å². The van der Waals surface area contributed by atoms with Gasteiger partial charge in [-0.25, -0.2) is 4.98 Å². The van der Waals surface area contributed by atoms with E-state index in [9.17, 15) is 4.79 Å². The highest BCUT2D eigenvalue weighted by molar-refractivity contribution is 7.11. The van der Waals surface area contributed by atoms with E-state index in [1.165, 1.54) is 7.11 Å². The maximum absolute atomic E-state index is 12.2. The van der Waals surface area contributed by atoms with Crippen molar-refractivity contribution < 1.29 is 14.3 Å². The summed E-state index contributed by atoms with van der Waals surface area (Å²) in [5.74, 6) is 0.953. The van der Waals surface area contributed by atoms with E-state index in [0.717, 1.165) is 9.88 Å². The zero-order chi connectivity index (χ0) is 14.5. The minimum Gasteiger partial charge on any atom is -0.497 e. The summed E-state index contributed by atoms with van der Waals surface area (Å²) in [6, 6.07) is 5.10. The first-order chi connectivity index (χ1) is 9.63. The van der Waals surface area contributed by atoms with Crippen LogP contribution in [0.25, 0.3) is 0 Å². The molecule has 2 rings (SSSR count). The zero-order valence-electron chi connectivity index (χ0n) is 11.6. The van der Waals surface area contributed by atoms with Gasteiger partial charge in [0.25, 0.3) is 5.91 Å². The minimum absolute atomic E-state index is 0.185. The van der Waals surface area contributed by atoms with Crippen molar-refractivity contribution in [1.82, 2.24) is 10.3 Å². The molecule has 1 heterocycles. The Morgan fingerprint density at radius 2 is 2.15 bits per heavy atom. The lowest BCUT2D eigenvalue weighted by Crippen LogP contribution is -2.22. The van der Waals surface area contributed by atoms with Gasteiger partial charge in [0.1, 0.15) is 11.5 Å². The average molecular weight is 292 g/mol. The number of methoxy groups -OCH3 is 2. The number of benzene rings is 1. The standard InChI is InChI=1S/C14H16N2O3S/c1-9-15-7-11(20-9)8-16-14(17)12-5-4-10(18-2)6-13(12)19-3/h4-7H,8H2,1-3H3,(H,16,17). The fourth-order valence-electron chi connectivity index (χ4n) is 1.74. The Morgan fingerprint density at radius 3 is 2.75 bits per heavy atom. The van der Waals surface area contributed by atoms with Crippen LogP contribution in [0.5, 0.6) is 11.5 Å². The Bertz CT molecular complexity index is 610. The number of hydrogen-bond acceptors (Lipinski definition) is 5. The van der Waals surface area contributed by atoms with Crippen molar-refractivity contribution in [2.45, 2.75) is 13.5 Å². The van der Waals surface area contributed by atoms with Crippen LogP contribution in [0.15, 0.2) is 24.4 Å². The molecule has 0 saturated heterocycles. The number of ether oxygens (including phenoxy) is 2. The third-order valence-electron chi connectivity index (χ3n) is 2.75. The van der Waals surface area contributed by atoms with Crippen molar-refractivity contribution in [2.24, 2.45) is 0 Å². The van der Waals surface area contributed by atoms with Crippen LogP contribution in [0, 0.1) is 6.92 Å². The van der Waals surface area contributed by atoms with Crippen LogP contribution in [0.4, 0.5) is 0 Å². The van der Waals surface area contributed by atoms with Crippen molar-refractivity contribution in [3.63, 3.8) is 0 Å². The summed E-state index contributed by atoms with van der Waals surface area (Å²) in [4.78, 5) is 17.3. The molecule has 20 heavy (non-hydrogen) atoms. The largest absolute Gasteiger partial charge is 0.497 e. The number of nitrogens with one attached hydrogen (secondary N) is 1. The van der Waals surface area contributed by atoms with Gasteiger partial charge in [0.2, 0.25) is 0 Å². The van der Waals surface area contributed by atoms with Crippen molar-refractivity contribution >= 4 is 17.2 Å². The fourth-order valence-corrected chi connectivity index (χ4v) is 2.47.